The van der Waals surface area contributed by atoms with Gasteiger partial charge in [-0.15, -0.1) is 10.2 Å². The van der Waals surface area contributed by atoms with Crippen LogP contribution in [0.15, 0.2) is 48.5 Å². The number of fused-ring (bicyclic) bond motifs is 3. The molecule has 1 N–H and O–H groups in total. The van der Waals surface area contributed by atoms with Crippen LogP contribution in [-0.4, -0.2) is 54.0 Å². The van der Waals surface area contributed by atoms with E-state index in [9.17, 15) is 4.79 Å². The maximum Gasteiger partial charge on any atom is 0.275 e. The van der Waals surface area contributed by atoms with Gasteiger partial charge in [0.2, 0.25) is 5.82 Å². The molecule has 0 aliphatic carbocycles. The van der Waals surface area contributed by atoms with Crippen molar-refractivity contribution in [3.8, 4) is 28.3 Å². The predicted octanol–water partition coefficient (Wildman–Crippen LogP) is 7.82. The zero-order valence-corrected chi connectivity index (χ0v) is 29.1. The van der Waals surface area contributed by atoms with Gasteiger partial charge in [-0.05, 0) is 111 Å². The number of hydrogen-bond donors (Lipinski definition) is 1. The zero-order valence-electron chi connectivity index (χ0n) is 27.6. The van der Waals surface area contributed by atoms with E-state index in [1.54, 1.807) is 0 Å². The second-order valence-electron chi connectivity index (χ2n) is 12.4. The number of anilines is 1. The third-order valence-electron chi connectivity index (χ3n) is 9.28. The van der Waals surface area contributed by atoms with Gasteiger partial charge >= 0.3 is 0 Å². The van der Waals surface area contributed by atoms with Crippen molar-refractivity contribution < 1.29 is 9.53 Å². The quantitative estimate of drug-likeness (QED) is 0.164. The molecule has 0 atom stereocenters. The number of ether oxygens (including phenoxy) is 1. The molecule has 0 radical (unpaired) electrons. The average Bonchev–Trinajstić information content (AvgIpc) is 3.74. The number of aromatic amines is 1. The van der Waals surface area contributed by atoms with Crippen LogP contribution < -0.4 is 9.64 Å². The van der Waals surface area contributed by atoms with Gasteiger partial charge in [-0.2, -0.15) is 10.3 Å². The van der Waals surface area contributed by atoms with Crippen molar-refractivity contribution in [3.63, 3.8) is 0 Å². The molecule has 0 unspecified atom stereocenters. The molecule has 0 spiro atoms. The standard InChI is InChI=1S/C36H36Cl2N8O2/c1-20-18-26(19-21(2)32(20)38)48-17-6-8-27-28-13-14-29(37)31(30-22(3)41-44(5)23(30)4)33(28)46-16-7-15-45(36(47)34(27)46)25-11-9-24(10-12-25)35-39-42-43-40-35/h9-14,18-19H,6-8,15-17H2,1-5H3,(H,39,40,42,43). The van der Waals surface area contributed by atoms with Crippen molar-refractivity contribution in [3.05, 3.63) is 92.3 Å². The van der Waals surface area contributed by atoms with Gasteiger partial charge in [0.1, 0.15) is 11.4 Å². The number of hydrogen-bond acceptors (Lipinski definition) is 6. The third-order valence-corrected chi connectivity index (χ3v) is 10.2. The number of amides is 1. The molecule has 48 heavy (non-hydrogen) atoms. The summed E-state index contributed by atoms with van der Waals surface area (Å²) in [5.74, 6) is 1.25. The highest BCUT2D eigenvalue weighted by atomic mass is 35.5. The molecule has 6 aromatic rings. The number of nitrogens with one attached hydrogen (secondary N) is 1. The van der Waals surface area contributed by atoms with Crippen LogP contribution in [0.2, 0.25) is 10.0 Å². The van der Waals surface area contributed by atoms with E-state index in [0.717, 1.165) is 78.6 Å². The Labute approximate surface area is 288 Å². The van der Waals surface area contributed by atoms with Gasteiger partial charge in [0.05, 0.1) is 22.8 Å². The van der Waals surface area contributed by atoms with E-state index in [1.807, 2.05) is 79.9 Å². The lowest BCUT2D eigenvalue weighted by Crippen LogP contribution is -2.31. The molecule has 246 valence electrons. The second-order valence-corrected chi connectivity index (χ2v) is 13.2. The molecule has 0 bridgehead atoms. The Morgan fingerprint density at radius 2 is 1.71 bits per heavy atom. The van der Waals surface area contributed by atoms with Crippen LogP contribution in [-0.2, 0) is 20.0 Å². The Morgan fingerprint density at radius 3 is 2.38 bits per heavy atom. The summed E-state index contributed by atoms with van der Waals surface area (Å²) in [6.45, 7) is 9.75. The number of benzene rings is 3. The molecular weight excluding hydrogens is 647 g/mol. The molecule has 1 amide bonds. The van der Waals surface area contributed by atoms with E-state index in [-0.39, 0.29) is 5.91 Å². The Kier molecular flexibility index (Phi) is 8.47. The van der Waals surface area contributed by atoms with E-state index >= 15 is 0 Å². The summed E-state index contributed by atoms with van der Waals surface area (Å²) >= 11 is 13.4. The van der Waals surface area contributed by atoms with Crippen LogP contribution in [0.1, 0.15) is 51.4 Å². The lowest BCUT2D eigenvalue weighted by atomic mass is 9.98. The molecule has 0 saturated heterocycles. The summed E-state index contributed by atoms with van der Waals surface area (Å²) < 4.78 is 10.3. The monoisotopic (exact) mass is 682 g/mol. The van der Waals surface area contributed by atoms with Crippen molar-refractivity contribution in [2.75, 3.05) is 18.1 Å². The van der Waals surface area contributed by atoms with Crippen molar-refractivity contribution >= 4 is 45.7 Å². The number of rotatable bonds is 8. The number of aryl methyl sites for hydroxylation is 6. The van der Waals surface area contributed by atoms with Crippen LogP contribution in [0.5, 0.6) is 5.75 Å². The normalized spacial score (nSPS) is 13.3. The summed E-state index contributed by atoms with van der Waals surface area (Å²) in [7, 11) is 1.94. The van der Waals surface area contributed by atoms with Gasteiger partial charge in [-0.1, -0.05) is 29.3 Å². The van der Waals surface area contributed by atoms with E-state index in [4.69, 9.17) is 33.0 Å². The second kappa shape index (κ2) is 12.7. The van der Waals surface area contributed by atoms with Crippen molar-refractivity contribution in [1.82, 2.24) is 35.0 Å². The fraction of sp³-hybridized carbons (Fsp3) is 0.306. The summed E-state index contributed by atoms with van der Waals surface area (Å²) in [5, 5.41) is 21.4. The molecule has 12 heteroatoms. The minimum absolute atomic E-state index is 0.0439. The van der Waals surface area contributed by atoms with Gasteiger partial charge in [-0.3, -0.25) is 9.48 Å². The first-order valence-corrected chi connectivity index (χ1v) is 16.8. The number of carbonyl (C=O) groups is 1. The first-order valence-electron chi connectivity index (χ1n) is 16.0. The molecule has 10 nitrogen and oxygen atoms in total. The van der Waals surface area contributed by atoms with E-state index < -0.39 is 0 Å². The fourth-order valence-corrected chi connectivity index (χ4v) is 7.31. The van der Waals surface area contributed by atoms with Gasteiger partial charge < -0.3 is 14.2 Å². The maximum absolute atomic E-state index is 14.7. The van der Waals surface area contributed by atoms with Crippen molar-refractivity contribution in [2.45, 2.75) is 53.5 Å². The molecule has 4 heterocycles. The van der Waals surface area contributed by atoms with Crippen molar-refractivity contribution in [1.29, 1.82) is 0 Å². The van der Waals surface area contributed by atoms with Crippen LogP contribution in [0.25, 0.3) is 33.4 Å². The Balaban J connectivity index is 1.31. The zero-order chi connectivity index (χ0) is 33.7. The summed E-state index contributed by atoms with van der Waals surface area (Å²) in [6, 6.07) is 15.6. The molecule has 1 aliphatic rings. The first kappa shape index (κ1) is 31.9. The van der Waals surface area contributed by atoms with Crippen LogP contribution >= 0.6 is 23.2 Å². The molecule has 0 fully saturated rings. The number of aromatic nitrogens is 7. The van der Waals surface area contributed by atoms with E-state index in [0.29, 0.717) is 49.1 Å². The van der Waals surface area contributed by atoms with Crippen LogP contribution in [0, 0.1) is 27.7 Å². The molecule has 1 aliphatic heterocycles. The summed E-state index contributed by atoms with van der Waals surface area (Å²) in [4.78, 5) is 16.6. The SMILES string of the molecule is Cc1cc(OCCCc2c3n(c4c(-c5c(C)nn(C)c5C)c(Cl)ccc24)CCCN(c2ccc(-c4nn[nH]n4)cc2)C3=O)cc(C)c1Cl. The maximum atomic E-state index is 14.7. The van der Waals surface area contributed by atoms with Gasteiger partial charge in [-0.25, -0.2) is 0 Å². The molecule has 3 aromatic heterocycles. The highest BCUT2D eigenvalue weighted by Crippen LogP contribution is 2.43. The first-order chi connectivity index (χ1) is 23.1. The highest BCUT2D eigenvalue weighted by molar-refractivity contribution is 6.35. The lowest BCUT2D eigenvalue weighted by molar-refractivity contribution is 0.0982. The topological polar surface area (TPSA) is 107 Å². The molecular formula is C36H36Cl2N8O2. The van der Waals surface area contributed by atoms with Gasteiger partial charge in [0.15, 0.2) is 0 Å². The number of carbonyl (C=O) groups excluding carboxylic acids is 1. The number of halogens is 2. The number of tetrazole rings is 1. The number of nitrogens with zero attached hydrogens (tertiary/aromatic N) is 7. The average molecular weight is 684 g/mol. The summed E-state index contributed by atoms with van der Waals surface area (Å²) in [5.41, 5.74) is 10.1. The highest BCUT2D eigenvalue weighted by Gasteiger charge is 2.32. The Bertz CT molecular complexity index is 2140. The Hall–Kier alpha value is -4.67. The molecule has 0 saturated carbocycles. The fourth-order valence-electron chi connectivity index (χ4n) is 6.95. The van der Waals surface area contributed by atoms with E-state index in [2.05, 4.69) is 38.2 Å². The smallest absolute Gasteiger partial charge is 0.275 e. The minimum atomic E-state index is -0.0439. The number of H-pyrrole nitrogens is 1. The van der Waals surface area contributed by atoms with Crippen molar-refractivity contribution in [2.24, 2.45) is 7.05 Å². The van der Waals surface area contributed by atoms with Crippen LogP contribution in [0.4, 0.5) is 5.69 Å². The van der Waals surface area contributed by atoms with Gasteiger partial charge in [0.25, 0.3) is 5.91 Å². The minimum Gasteiger partial charge on any atom is -0.494 e. The molecule has 7 rings (SSSR count). The third kappa shape index (κ3) is 5.52. The largest absolute Gasteiger partial charge is 0.494 e. The van der Waals surface area contributed by atoms with Crippen LogP contribution in [0.3, 0.4) is 0 Å². The Morgan fingerprint density at radius 1 is 0.958 bits per heavy atom. The lowest BCUT2D eigenvalue weighted by Gasteiger charge is -2.21. The van der Waals surface area contributed by atoms with E-state index in [1.165, 1.54) is 0 Å². The van der Waals surface area contributed by atoms with Gasteiger partial charge in [0, 0.05) is 58.6 Å². The molecule has 3 aromatic carbocycles. The summed E-state index contributed by atoms with van der Waals surface area (Å²) in [6.07, 6.45) is 2.12. The predicted molar refractivity (Wildman–Crippen MR) is 189 cm³/mol.